The Hall–Kier alpha value is -1.53. The van der Waals surface area contributed by atoms with Crippen LogP contribution in [0, 0.1) is 13.8 Å². The van der Waals surface area contributed by atoms with Crippen molar-refractivity contribution in [2.75, 3.05) is 0 Å². The molecule has 2 rings (SSSR count). The highest BCUT2D eigenvalue weighted by atomic mass is 31.1. The predicted molar refractivity (Wildman–Crippen MR) is 147 cm³/mol. The highest BCUT2D eigenvalue weighted by molar-refractivity contribution is 7.27. The van der Waals surface area contributed by atoms with E-state index >= 15 is 0 Å². The first-order valence-corrected chi connectivity index (χ1v) is 12.9. The molecule has 0 atom stereocenters. The van der Waals surface area contributed by atoms with Gasteiger partial charge in [-0.25, -0.2) is 0 Å². The van der Waals surface area contributed by atoms with Gasteiger partial charge in [0.25, 0.3) is 9.03 Å². The second-order valence-corrected chi connectivity index (χ2v) is 14.2. The second-order valence-electron chi connectivity index (χ2n) is 13.6. The molecule has 3 heteroatoms. The Morgan fingerprint density at radius 1 is 0.455 bits per heavy atom. The summed E-state index contributed by atoms with van der Waals surface area (Å²) in [5.74, 6) is 1.85. The quantitative estimate of drug-likeness (QED) is 0.414. The van der Waals surface area contributed by atoms with Gasteiger partial charge >= 0.3 is 0 Å². The molecule has 0 bridgehead atoms. The van der Waals surface area contributed by atoms with Crippen molar-refractivity contribution in [1.82, 2.24) is 0 Å². The third-order valence-corrected chi connectivity index (χ3v) is 6.79. The number of hydrogen-bond acceptors (Lipinski definition) is 2. The third-order valence-electron chi connectivity index (χ3n) is 6.19. The van der Waals surface area contributed by atoms with Crippen LogP contribution in [0.15, 0.2) is 24.3 Å². The zero-order chi connectivity index (χ0) is 25.6. The van der Waals surface area contributed by atoms with Crippen molar-refractivity contribution in [2.45, 2.75) is 119 Å². The Kier molecular flexibility index (Phi) is 7.77. The van der Waals surface area contributed by atoms with E-state index < -0.39 is 0 Å². The highest BCUT2D eigenvalue weighted by Gasteiger charge is 2.27. The minimum Gasteiger partial charge on any atom is -0.440 e. The maximum Gasteiger partial charge on any atom is 0.275 e. The fourth-order valence-corrected chi connectivity index (χ4v) is 4.99. The summed E-state index contributed by atoms with van der Waals surface area (Å²) in [7, 11) is -0.102. The molecule has 0 radical (unpaired) electrons. The first kappa shape index (κ1) is 27.7. The van der Waals surface area contributed by atoms with E-state index in [2.05, 4.69) is 121 Å². The lowest BCUT2D eigenvalue weighted by molar-refractivity contribution is 0.475. The number of aryl methyl sites for hydroxylation is 2. The van der Waals surface area contributed by atoms with Gasteiger partial charge in [-0.3, -0.25) is 0 Å². The molecule has 2 nitrogen and oxygen atoms in total. The largest absolute Gasteiger partial charge is 0.440 e. The molecule has 2 aromatic rings. The summed E-state index contributed by atoms with van der Waals surface area (Å²) in [4.78, 5) is 0. The smallest absolute Gasteiger partial charge is 0.275 e. The molecule has 2 aromatic carbocycles. The van der Waals surface area contributed by atoms with Crippen LogP contribution in [-0.4, -0.2) is 0 Å². The van der Waals surface area contributed by atoms with Gasteiger partial charge in [0.2, 0.25) is 0 Å². The molecule has 0 unspecified atom stereocenters. The lowest BCUT2D eigenvalue weighted by atomic mass is 9.78. The molecule has 0 saturated heterocycles. The zero-order valence-corrected chi connectivity index (χ0v) is 24.6. The molecular formula is C30H47O2P. The van der Waals surface area contributed by atoms with Gasteiger partial charge in [-0.2, -0.15) is 0 Å². The molecule has 0 fully saturated rings. The number of benzene rings is 2. The molecule has 184 valence electrons. The molecule has 0 aromatic heterocycles. The number of rotatable bonds is 4. The van der Waals surface area contributed by atoms with Gasteiger partial charge in [0, 0.05) is 11.1 Å². The monoisotopic (exact) mass is 470 g/mol. The van der Waals surface area contributed by atoms with Crippen LogP contribution in [-0.2, 0) is 21.7 Å². The Morgan fingerprint density at radius 3 is 0.970 bits per heavy atom. The summed E-state index contributed by atoms with van der Waals surface area (Å²) in [5.41, 5.74) is 7.86. The minimum atomic E-state index is -0.102. The molecule has 0 amide bonds. The van der Waals surface area contributed by atoms with Gasteiger partial charge in [0.1, 0.15) is 11.5 Å². The average molecular weight is 471 g/mol. The van der Waals surface area contributed by atoms with Crippen molar-refractivity contribution in [3.8, 4) is 11.5 Å². The first-order chi connectivity index (χ1) is 14.7. The standard InChI is InChI=1S/C30H47O2P/c1-19-15-25(23(29(9,10)11)17-21(19)27(3,4)5)31-33-32-26-16-20(2)22(28(6,7)8)18-24(26)30(12,13)14/h15-18,33H,1-14H3. The fraction of sp³-hybridized carbons (Fsp3) is 0.600. The van der Waals surface area contributed by atoms with E-state index in [-0.39, 0.29) is 30.7 Å². The minimum absolute atomic E-state index is 0.0188. The van der Waals surface area contributed by atoms with E-state index in [1.165, 1.54) is 33.4 Å². The lowest BCUT2D eigenvalue weighted by Crippen LogP contribution is -2.19. The van der Waals surface area contributed by atoms with Crippen LogP contribution >= 0.6 is 9.03 Å². The van der Waals surface area contributed by atoms with Gasteiger partial charge in [-0.05, 0) is 69.9 Å². The van der Waals surface area contributed by atoms with E-state index in [9.17, 15) is 0 Å². The van der Waals surface area contributed by atoms with Crippen LogP contribution < -0.4 is 9.05 Å². The molecule has 0 aliphatic carbocycles. The van der Waals surface area contributed by atoms with Crippen LogP contribution in [0.3, 0.4) is 0 Å². The molecule has 33 heavy (non-hydrogen) atoms. The molecule has 0 saturated carbocycles. The van der Waals surface area contributed by atoms with Crippen LogP contribution in [0.25, 0.3) is 0 Å². The van der Waals surface area contributed by atoms with Gasteiger partial charge in [-0.15, -0.1) is 0 Å². The van der Waals surface area contributed by atoms with Crippen molar-refractivity contribution in [1.29, 1.82) is 0 Å². The predicted octanol–water partition coefficient (Wildman–Crippen LogP) is 9.46. The highest BCUT2D eigenvalue weighted by Crippen LogP contribution is 2.42. The zero-order valence-electron chi connectivity index (χ0n) is 23.6. The van der Waals surface area contributed by atoms with Crippen LogP contribution in [0.5, 0.6) is 11.5 Å². The summed E-state index contributed by atoms with van der Waals surface area (Å²) in [5, 5.41) is 0. The topological polar surface area (TPSA) is 18.5 Å². The summed E-state index contributed by atoms with van der Waals surface area (Å²) in [6.45, 7) is 31.4. The molecule has 0 heterocycles. The maximum absolute atomic E-state index is 6.33. The first-order valence-electron chi connectivity index (χ1n) is 12.1. The van der Waals surface area contributed by atoms with E-state index in [4.69, 9.17) is 9.05 Å². The summed E-state index contributed by atoms with van der Waals surface area (Å²) < 4.78 is 12.7. The number of hydrogen-bond donors (Lipinski definition) is 0. The summed E-state index contributed by atoms with van der Waals surface area (Å²) in [6, 6.07) is 9.04. The van der Waals surface area contributed by atoms with Crippen molar-refractivity contribution < 1.29 is 9.05 Å². The molecule has 0 aliphatic rings. The van der Waals surface area contributed by atoms with Crippen molar-refractivity contribution in [2.24, 2.45) is 0 Å². The second kappa shape index (κ2) is 9.26. The fourth-order valence-electron chi connectivity index (χ4n) is 4.43. The molecular weight excluding hydrogens is 423 g/mol. The molecule has 0 aliphatic heterocycles. The lowest BCUT2D eigenvalue weighted by Gasteiger charge is -2.30. The van der Waals surface area contributed by atoms with E-state index in [1.807, 2.05) is 0 Å². The summed E-state index contributed by atoms with van der Waals surface area (Å²) in [6.07, 6.45) is 0. The normalized spacial score (nSPS) is 13.3. The average Bonchev–Trinajstić information content (AvgIpc) is 2.57. The Morgan fingerprint density at radius 2 is 0.727 bits per heavy atom. The Labute approximate surface area is 205 Å². The third kappa shape index (κ3) is 6.75. The van der Waals surface area contributed by atoms with E-state index in [0.717, 1.165) is 11.5 Å². The molecule has 0 N–H and O–H groups in total. The van der Waals surface area contributed by atoms with Crippen molar-refractivity contribution in [3.63, 3.8) is 0 Å². The summed E-state index contributed by atoms with van der Waals surface area (Å²) >= 11 is 0. The van der Waals surface area contributed by atoms with Gasteiger partial charge in [0.05, 0.1) is 0 Å². The van der Waals surface area contributed by atoms with Crippen LogP contribution in [0.1, 0.15) is 116 Å². The SMILES string of the molecule is Cc1cc(OPOc2cc(C)c(C(C)(C)C)cc2C(C)(C)C)c(C(C)(C)C)cc1C(C)(C)C. The maximum atomic E-state index is 6.33. The van der Waals surface area contributed by atoms with E-state index in [1.54, 1.807) is 0 Å². The van der Waals surface area contributed by atoms with Crippen LogP contribution in [0.2, 0.25) is 0 Å². The van der Waals surface area contributed by atoms with Gasteiger partial charge < -0.3 is 9.05 Å². The Balaban J connectivity index is 2.41. The van der Waals surface area contributed by atoms with Crippen molar-refractivity contribution in [3.05, 3.63) is 57.6 Å². The Bertz CT molecular complexity index is 909. The van der Waals surface area contributed by atoms with Gasteiger partial charge in [-0.1, -0.05) is 95.2 Å². The molecule has 0 spiro atoms. The van der Waals surface area contributed by atoms with Crippen molar-refractivity contribution >= 4 is 9.03 Å². The van der Waals surface area contributed by atoms with E-state index in [0.29, 0.717) is 0 Å². The van der Waals surface area contributed by atoms with Gasteiger partial charge in [0.15, 0.2) is 0 Å². The van der Waals surface area contributed by atoms with Crippen LogP contribution in [0.4, 0.5) is 0 Å².